The molecule has 17 heavy (non-hydrogen) atoms. The maximum absolute atomic E-state index is 11.5. The molecule has 0 aromatic carbocycles. The number of carbonyl (C=O) groups excluding carboxylic acids is 2. The van der Waals surface area contributed by atoms with Gasteiger partial charge in [-0.15, -0.1) is 11.6 Å². The lowest BCUT2D eigenvalue weighted by atomic mass is 9.84. The molecular formula is C12H19ClN2O2. The van der Waals surface area contributed by atoms with Crippen LogP contribution in [-0.2, 0) is 4.79 Å². The molecule has 96 valence electrons. The normalized spacial score (nSPS) is 32.2. The molecule has 2 aliphatic carbocycles. The molecule has 3 amide bonds. The van der Waals surface area contributed by atoms with Crippen molar-refractivity contribution in [2.45, 2.75) is 38.6 Å². The zero-order valence-corrected chi connectivity index (χ0v) is 10.8. The molecule has 2 saturated carbocycles. The molecule has 2 aliphatic rings. The molecule has 0 aromatic heterocycles. The van der Waals surface area contributed by atoms with Gasteiger partial charge in [-0.05, 0) is 43.9 Å². The highest BCUT2D eigenvalue weighted by Crippen LogP contribution is 2.49. The number of amides is 3. The number of alkyl halides is 1. The summed E-state index contributed by atoms with van der Waals surface area (Å²) in [6.07, 6.45) is 5.18. The number of fused-ring (bicyclic) bond motifs is 2. The highest BCUT2D eigenvalue weighted by molar-refractivity contribution is 6.28. The van der Waals surface area contributed by atoms with Crippen molar-refractivity contribution < 1.29 is 9.59 Å². The zero-order valence-electron chi connectivity index (χ0n) is 10.0. The van der Waals surface area contributed by atoms with Crippen molar-refractivity contribution in [2.75, 3.05) is 5.88 Å². The summed E-state index contributed by atoms with van der Waals surface area (Å²) >= 11 is 5.32. The number of nitrogens with one attached hydrogen (secondary N) is 2. The Morgan fingerprint density at radius 1 is 1.35 bits per heavy atom. The molecule has 0 radical (unpaired) electrons. The Kier molecular flexibility index (Phi) is 3.92. The van der Waals surface area contributed by atoms with Crippen molar-refractivity contribution >= 4 is 23.5 Å². The number of hydrogen-bond acceptors (Lipinski definition) is 2. The highest BCUT2D eigenvalue weighted by atomic mass is 35.5. The van der Waals surface area contributed by atoms with Gasteiger partial charge in [-0.1, -0.05) is 6.42 Å². The van der Waals surface area contributed by atoms with Crippen LogP contribution in [0.25, 0.3) is 0 Å². The van der Waals surface area contributed by atoms with Gasteiger partial charge in [0.2, 0.25) is 5.91 Å². The van der Waals surface area contributed by atoms with E-state index in [4.69, 9.17) is 11.6 Å². The molecule has 4 atom stereocenters. The molecular weight excluding hydrogens is 240 g/mol. The summed E-state index contributed by atoms with van der Waals surface area (Å²) < 4.78 is 0. The minimum atomic E-state index is -0.454. The molecule has 0 spiro atoms. The average Bonchev–Trinajstić information content (AvgIpc) is 2.90. The van der Waals surface area contributed by atoms with E-state index in [0.29, 0.717) is 5.92 Å². The Labute approximate surface area is 106 Å². The smallest absolute Gasteiger partial charge is 0.321 e. The average molecular weight is 259 g/mol. The van der Waals surface area contributed by atoms with Crippen LogP contribution in [0.4, 0.5) is 4.79 Å². The molecule has 2 fully saturated rings. The Hall–Kier alpha value is -0.770. The maximum Gasteiger partial charge on any atom is 0.321 e. The summed E-state index contributed by atoms with van der Waals surface area (Å²) in [6.45, 7) is 2.02. The quantitative estimate of drug-likeness (QED) is 0.760. The van der Waals surface area contributed by atoms with Crippen LogP contribution in [0.2, 0.25) is 0 Å². The number of carbonyl (C=O) groups is 2. The van der Waals surface area contributed by atoms with E-state index in [2.05, 4.69) is 10.6 Å². The number of hydrogen-bond donors (Lipinski definition) is 2. The fraction of sp³-hybridized carbons (Fsp3) is 0.833. The van der Waals surface area contributed by atoms with Crippen LogP contribution in [-0.4, -0.2) is 23.9 Å². The molecule has 0 unspecified atom stereocenters. The zero-order chi connectivity index (χ0) is 12.4. The molecule has 2 N–H and O–H groups in total. The third-order valence-corrected chi connectivity index (χ3v) is 4.41. The van der Waals surface area contributed by atoms with Gasteiger partial charge in [0.1, 0.15) is 5.88 Å². The van der Waals surface area contributed by atoms with Gasteiger partial charge < -0.3 is 5.32 Å². The Bertz CT molecular complexity index is 322. The molecule has 0 heterocycles. The van der Waals surface area contributed by atoms with Crippen molar-refractivity contribution in [2.24, 2.45) is 17.8 Å². The van der Waals surface area contributed by atoms with E-state index in [1.807, 2.05) is 6.92 Å². The molecule has 2 rings (SSSR count). The lowest BCUT2D eigenvalue weighted by Gasteiger charge is -2.28. The molecule has 4 nitrogen and oxygen atoms in total. The fourth-order valence-corrected chi connectivity index (χ4v) is 3.48. The first-order valence-corrected chi connectivity index (χ1v) is 6.80. The maximum atomic E-state index is 11.5. The summed E-state index contributed by atoms with van der Waals surface area (Å²) in [5.41, 5.74) is 0. The van der Waals surface area contributed by atoms with Crippen LogP contribution < -0.4 is 10.6 Å². The van der Waals surface area contributed by atoms with Crippen molar-refractivity contribution in [1.29, 1.82) is 0 Å². The molecule has 5 heteroatoms. The minimum Gasteiger partial charge on any atom is -0.335 e. The van der Waals surface area contributed by atoms with E-state index in [1.165, 1.54) is 25.7 Å². The highest BCUT2D eigenvalue weighted by Gasteiger charge is 2.42. The Morgan fingerprint density at radius 3 is 2.65 bits per heavy atom. The van der Waals surface area contributed by atoms with Crippen LogP contribution in [0.15, 0.2) is 0 Å². The number of urea groups is 1. The number of rotatable bonds is 3. The van der Waals surface area contributed by atoms with Gasteiger partial charge in [-0.25, -0.2) is 4.79 Å². The van der Waals surface area contributed by atoms with E-state index in [9.17, 15) is 9.59 Å². The minimum absolute atomic E-state index is 0.133. The standard InChI is InChI=1S/C12H19ClN2O2/c1-7(14-12(17)15-11(16)6-13)10-5-8-2-3-9(10)4-8/h7-10H,2-6H2,1H3,(H2,14,15,16,17)/t7-,8+,9-,10+/m0/s1. The van der Waals surface area contributed by atoms with Gasteiger partial charge in [-0.3, -0.25) is 10.1 Å². The largest absolute Gasteiger partial charge is 0.335 e. The lowest BCUT2D eigenvalue weighted by Crippen LogP contribution is -2.47. The van der Waals surface area contributed by atoms with Crippen molar-refractivity contribution in [3.63, 3.8) is 0 Å². The van der Waals surface area contributed by atoms with Crippen LogP contribution in [0, 0.1) is 17.8 Å². The van der Waals surface area contributed by atoms with Gasteiger partial charge in [0.05, 0.1) is 0 Å². The van der Waals surface area contributed by atoms with Crippen LogP contribution in [0.1, 0.15) is 32.6 Å². The van der Waals surface area contributed by atoms with Gasteiger partial charge >= 0.3 is 6.03 Å². The second-order valence-electron chi connectivity index (χ2n) is 5.28. The van der Waals surface area contributed by atoms with E-state index < -0.39 is 11.9 Å². The third-order valence-electron chi connectivity index (χ3n) is 4.17. The van der Waals surface area contributed by atoms with E-state index in [1.54, 1.807) is 0 Å². The van der Waals surface area contributed by atoms with Gasteiger partial charge in [-0.2, -0.15) is 0 Å². The molecule has 2 bridgehead atoms. The van der Waals surface area contributed by atoms with E-state index >= 15 is 0 Å². The van der Waals surface area contributed by atoms with Crippen molar-refractivity contribution in [1.82, 2.24) is 10.6 Å². The van der Waals surface area contributed by atoms with Crippen LogP contribution in [0.3, 0.4) is 0 Å². The summed E-state index contributed by atoms with van der Waals surface area (Å²) in [5, 5.41) is 5.05. The predicted octanol–water partition coefficient (Wildman–Crippen LogP) is 1.88. The summed E-state index contributed by atoms with van der Waals surface area (Å²) in [4.78, 5) is 22.4. The first-order chi connectivity index (χ1) is 8.10. The van der Waals surface area contributed by atoms with Crippen LogP contribution >= 0.6 is 11.6 Å². The third kappa shape index (κ3) is 2.92. The van der Waals surface area contributed by atoms with Gasteiger partial charge in [0.25, 0.3) is 0 Å². The summed E-state index contributed by atoms with van der Waals surface area (Å²) in [5.74, 6) is 1.56. The predicted molar refractivity (Wildman–Crippen MR) is 65.8 cm³/mol. The first-order valence-electron chi connectivity index (χ1n) is 6.26. The number of halogens is 1. The summed E-state index contributed by atoms with van der Waals surface area (Å²) in [6, 6.07) is -0.292. The summed E-state index contributed by atoms with van der Waals surface area (Å²) in [7, 11) is 0. The molecule has 0 aromatic rings. The van der Waals surface area contributed by atoms with Crippen molar-refractivity contribution in [3.05, 3.63) is 0 Å². The number of imide groups is 1. The van der Waals surface area contributed by atoms with Crippen molar-refractivity contribution in [3.8, 4) is 0 Å². The lowest BCUT2D eigenvalue weighted by molar-refractivity contribution is -0.117. The van der Waals surface area contributed by atoms with Gasteiger partial charge in [0.15, 0.2) is 0 Å². The second kappa shape index (κ2) is 5.25. The first kappa shape index (κ1) is 12.7. The Balaban J connectivity index is 1.79. The fourth-order valence-electron chi connectivity index (χ4n) is 3.42. The van der Waals surface area contributed by atoms with E-state index in [-0.39, 0.29) is 11.9 Å². The SMILES string of the molecule is C[C@H](NC(=O)NC(=O)CCl)[C@H]1C[C@@H]2CC[C@H]1C2. The Morgan fingerprint density at radius 2 is 2.12 bits per heavy atom. The molecule has 0 saturated heterocycles. The van der Waals surface area contributed by atoms with E-state index in [0.717, 1.165) is 11.8 Å². The topological polar surface area (TPSA) is 58.2 Å². The van der Waals surface area contributed by atoms with Crippen LogP contribution in [0.5, 0.6) is 0 Å². The van der Waals surface area contributed by atoms with Gasteiger partial charge in [0, 0.05) is 6.04 Å². The molecule has 0 aliphatic heterocycles. The monoisotopic (exact) mass is 258 g/mol. The second-order valence-corrected chi connectivity index (χ2v) is 5.55.